The first-order valence-electron chi connectivity index (χ1n) is 11.2. The molecule has 1 N–H and O–H groups in total. The molecule has 1 aliphatic rings. The fraction of sp³-hybridized carbons (Fsp3) is 0.103. The van der Waals surface area contributed by atoms with Gasteiger partial charge in [-0.15, -0.1) is 0 Å². The van der Waals surface area contributed by atoms with Crippen LogP contribution in [0.25, 0.3) is 16.5 Å². The number of Topliss-reactive ketones (excluding diaryl/α,β-unsaturated/α-hetero) is 1. The highest BCUT2D eigenvalue weighted by Gasteiger charge is 2.47. The molecule has 1 fully saturated rings. The lowest BCUT2D eigenvalue weighted by atomic mass is 9.91. The van der Waals surface area contributed by atoms with Gasteiger partial charge < -0.3 is 14.6 Å². The van der Waals surface area contributed by atoms with E-state index in [1.165, 1.54) is 25.2 Å². The average molecular weight is 500 g/mol. The van der Waals surface area contributed by atoms with Crippen LogP contribution in [-0.2, 0) is 9.59 Å². The van der Waals surface area contributed by atoms with Crippen LogP contribution in [0.4, 0.5) is 5.69 Å². The van der Waals surface area contributed by atoms with Gasteiger partial charge in [0, 0.05) is 17.3 Å². The molecule has 4 aromatic carbocycles. The van der Waals surface area contributed by atoms with E-state index in [1.54, 1.807) is 36.4 Å². The fourth-order valence-corrected chi connectivity index (χ4v) is 4.81. The second-order valence-corrected chi connectivity index (χ2v) is 8.69. The molecule has 1 unspecified atom stereocenters. The van der Waals surface area contributed by atoms with Crippen molar-refractivity contribution in [3.63, 3.8) is 0 Å². The molecule has 0 bridgehead atoms. The van der Waals surface area contributed by atoms with Crippen LogP contribution in [-0.4, -0.2) is 31.0 Å². The molecule has 5 rings (SSSR count). The Labute approximate surface area is 212 Å². The number of methoxy groups -OCH3 is 2. The largest absolute Gasteiger partial charge is 0.507 e. The van der Waals surface area contributed by atoms with Crippen LogP contribution in [0.15, 0.2) is 90.5 Å². The summed E-state index contributed by atoms with van der Waals surface area (Å²) in [7, 11) is 3.02. The van der Waals surface area contributed by atoms with Crippen LogP contribution >= 0.6 is 11.6 Å². The highest BCUT2D eigenvalue weighted by atomic mass is 35.5. The summed E-state index contributed by atoms with van der Waals surface area (Å²) < 4.78 is 10.6. The third-order valence-corrected chi connectivity index (χ3v) is 6.65. The van der Waals surface area contributed by atoms with E-state index in [1.807, 2.05) is 42.5 Å². The molecule has 0 saturated carbocycles. The van der Waals surface area contributed by atoms with Crippen LogP contribution in [0.5, 0.6) is 11.5 Å². The van der Waals surface area contributed by atoms with Gasteiger partial charge in [0.2, 0.25) is 0 Å². The van der Waals surface area contributed by atoms with Crippen LogP contribution < -0.4 is 14.4 Å². The van der Waals surface area contributed by atoms with E-state index >= 15 is 0 Å². The SMILES string of the molecule is COc1cccc(N2C(=O)C(=O)/C(=C(/O)c3cc(OC)ccc3Cl)C2c2cccc3ccccc23)c1. The quantitative estimate of drug-likeness (QED) is 0.203. The first kappa shape index (κ1) is 23.5. The predicted octanol–water partition coefficient (Wildman–Crippen LogP) is 6.14. The van der Waals surface area contributed by atoms with Crippen molar-refractivity contribution in [2.24, 2.45) is 0 Å². The number of amides is 1. The number of carbonyl (C=O) groups is 2. The molecule has 0 spiro atoms. The lowest BCUT2D eigenvalue weighted by Crippen LogP contribution is -2.29. The van der Waals surface area contributed by atoms with Gasteiger partial charge in [0.25, 0.3) is 11.7 Å². The Morgan fingerprint density at radius 1 is 0.861 bits per heavy atom. The minimum atomic E-state index is -0.912. The zero-order valence-electron chi connectivity index (χ0n) is 19.6. The van der Waals surface area contributed by atoms with Gasteiger partial charge in [0.05, 0.1) is 30.9 Å². The van der Waals surface area contributed by atoms with E-state index < -0.39 is 17.7 Å². The molecule has 4 aromatic rings. The van der Waals surface area contributed by atoms with Gasteiger partial charge in [-0.1, -0.05) is 60.1 Å². The third-order valence-electron chi connectivity index (χ3n) is 6.32. The first-order valence-corrected chi connectivity index (χ1v) is 11.6. The normalized spacial score (nSPS) is 17.0. The lowest BCUT2D eigenvalue weighted by Gasteiger charge is -2.27. The van der Waals surface area contributed by atoms with Crippen LogP contribution in [0.3, 0.4) is 0 Å². The van der Waals surface area contributed by atoms with Crippen molar-refractivity contribution < 1.29 is 24.2 Å². The number of hydrogen-bond acceptors (Lipinski definition) is 5. The maximum absolute atomic E-state index is 13.5. The van der Waals surface area contributed by atoms with Gasteiger partial charge in [0.15, 0.2) is 0 Å². The van der Waals surface area contributed by atoms with Crippen molar-refractivity contribution in [1.29, 1.82) is 0 Å². The van der Waals surface area contributed by atoms with Crippen molar-refractivity contribution in [1.82, 2.24) is 0 Å². The summed E-state index contributed by atoms with van der Waals surface area (Å²) in [5.74, 6) is -0.971. The molecular formula is C29H22ClNO5. The lowest BCUT2D eigenvalue weighted by molar-refractivity contribution is -0.132. The maximum Gasteiger partial charge on any atom is 0.300 e. The summed E-state index contributed by atoms with van der Waals surface area (Å²) in [6.07, 6.45) is 0. The standard InChI is InChI=1S/C29H22ClNO5/c1-35-19-10-6-9-18(15-19)31-26(22-12-5-8-17-7-3-4-11-21(17)22)25(28(33)29(31)34)27(32)23-16-20(36-2)13-14-24(23)30/h3-16,26,32H,1-2H3/b27-25+. The zero-order valence-corrected chi connectivity index (χ0v) is 20.3. The van der Waals surface area contributed by atoms with Gasteiger partial charge in [-0.2, -0.15) is 0 Å². The zero-order chi connectivity index (χ0) is 25.4. The third kappa shape index (κ3) is 3.85. The molecule has 1 aliphatic heterocycles. The topological polar surface area (TPSA) is 76.1 Å². The van der Waals surface area contributed by atoms with E-state index in [4.69, 9.17) is 21.1 Å². The molecule has 7 heteroatoms. The molecule has 0 radical (unpaired) electrons. The second-order valence-electron chi connectivity index (χ2n) is 8.28. The number of nitrogens with zero attached hydrogens (tertiary/aromatic N) is 1. The van der Waals surface area contributed by atoms with E-state index in [9.17, 15) is 14.7 Å². The number of aliphatic hydroxyl groups is 1. The number of hydrogen-bond donors (Lipinski definition) is 1. The Balaban J connectivity index is 1.82. The molecule has 0 aliphatic carbocycles. The fourth-order valence-electron chi connectivity index (χ4n) is 4.60. The highest BCUT2D eigenvalue weighted by molar-refractivity contribution is 6.52. The Morgan fingerprint density at radius 2 is 1.56 bits per heavy atom. The van der Waals surface area contributed by atoms with Crippen LogP contribution in [0, 0.1) is 0 Å². The molecule has 1 heterocycles. The molecule has 1 saturated heterocycles. The number of fused-ring (bicyclic) bond motifs is 1. The smallest absolute Gasteiger partial charge is 0.300 e. The van der Waals surface area contributed by atoms with Crippen molar-refractivity contribution in [2.75, 3.05) is 19.1 Å². The van der Waals surface area contributed by atoms with E-state index in [2.05, 4.69) is 0 Å². The number of halogens is 1. The van der Waals surface area contributed by atoms with Crippen LogP contribution in [0.2, 0.25) is 5.02 Å². The molecular weight excluding hydrogens is 478 g/mol. The summed E-state index contributed by atoms with van der Waals surface area (Å²) in [6, 6.07) is 24.1. The average Bonchev–Trinajstić information content (AvgIpc) is 3.18. The number of rotatable bonds is 5. The first-order chi connectivity index (χ1) is 17.4. The second kappa shape index (κ2) is 9.40. The van der Waals surface area contributed by atoms with Gasteiger partial charge in [-0.25, -0.2) is 0 Å². The molecule has 1 atom stereocenters. The van der Waals surface area contributed by atoms with Gasteiger partial charge in [-0.3, -0.25) is 14.5 Å². The summed E-state index contributed by atoms with van der Waals surface area (Å²) in [5, 5.41) is 13.5. The van der Waals surface area contributed by atoms with Crippen molar-refractivity contribution in [3.05, 3.63) is 107 Å². The Bertz CT molecular complexity index is 1540. The Hall–Kier alpha value is -4.29. The molecule has 180 valence electrons. The Kier molecular flexibility index (Phi) is 6.12. The molecule has 6 nitrogen and oxygen atoms in total. The number of ether oxygens (including phenoxy) is 2. The minimum absolute atomic E-state index is 0.0608. The van der Waals surface area contributed by atoms with E-state index in [-0.39, 0.29) is 21.9 Å². The number of aliphatic hydroxyl groups excluding tert-OH is 1. The van der Waals surface area contributed by atoms with Crippen molar-refractivity contribution >= 4 is 45.5 Å². The summed E-state index contributed by atoms with van der Waals surface area (Å²) >= 11 is 6.42. The monoisotopic (exact) mass is 499 g/mol. The van der Waals surface area contributed by atoms with Gasteiger partial charge in [0.1, 0.15) is 17.3 Å². The van der Waals surface area contributed by atoms with Gasteiger partial charge >= 0.3 is 0 Å². The summed E-state index contributed by atoms with van der Waals surface area (Å²) in [4.78, 5) is 28.4. The Morgan fingerprint density at radius 3 is 2.33 bits per heavy atom. The van der Waals surface area contributed by atoms with Crippen LogP contribution in [0.1, 0.15) is 17.2 Å². The predicted molar refractivity (Wildman–Crippen MR) is 140 cm³/mol. The number of benzene rings is 4. The minimum Gasteiger partial charge on any atom is -0.507 e. The highest BCUT2D eigenvalue weighted by Crippen LogP contribution is 2.45. The number of carbonyl (C=O) groups excluding carboxylic acids is 2. The number of anilines is 1. The van der Waals surface area contributed by atoms with Crippen molar-refractivity contribution in [2.45, 2.75) is 6.04 Å². The molecule has 36 heavy (non-hydrogen) atoms. The van der Waals surface area contributed by atoms with Gasteiger partial charge in [-0.05, 0) is 46.7 Å². The number of ketones is 1. The molecule has 1 amide bonds. The summed E-state index contributed by atoms with van der Waals surface area (Å²) in [5.41, 5.74) is 1.29. The molecule has 0 aromatic heterocycles. The van der Waals surface area contributed by atoms with E-state index in [0.717, 1.165) is 10.8 Å². The maximum atomic E-state index is 13.5. The summed E-state index contributed by atoms with van der Waals surface area (Å²) in [6.45, 7) is 0. The van der Waals surface area contributed by atoms with Crippen molar-refractivity contribution in [3.8, 4) is 11.5 Å². The van der Waals surface area contributed by atoms with E-state index in [0.29, 0.717) is 22.7 Å².